The van der Waals surface area contributed by atoms with Gasteiger partial charge >= 0.3 is 5.97 Å². The van der Waals surface area contributed by atoms with Crippen LogP contribution in [-0.4, -0.2) is 12.6 Å². The Labute approximate surface area is 120 Å². The van der Waals surface area contributed by atoms with E-state index >= 15 is 0 Å². The van der Waals surface area contributed by atoms with Crippen molar-refractivity contribution in [2.24, 2.45) is 0 Å². The molecule has 0 spiro atoms. The number of hydrogen-bond acceptors (Lipinski definition) is 3. The van der Waals surface area contributed by atoms with Crippen LogP contribution >= 0.6 is 15.9 Å². The topological polar surface area (TPSA) is 50.1 Å². The Morgan fingerprint density at radius 1 is 1.42 bits per heavy atom. The van der Waals surface area contributed by atoms with Crippen molar-refractivity contribution in [1.82, 2.24) is 0 Å². The lowest BCUT2D eigenvalue weighted by molar-refractivity contribution is -0.137. The second kappa shape index (κ2) is 8.06. The van der Waals surface area contributed by atoms with E-state index in [0.717, 1.165) is 5.56 Å². The Kier molecular flexibility index (Phi) is 6.34. The second-order valence-electron chi connectivity index (χ2n) is 3.50. The van der Waals surface area contributed by atoms with Gasteiger partial charge in [-0.3, -0.25) is 0 Å². The van der Waals surface area contributed by atoms with E-state index in [4.69, 9.17) is 10.00 Å². The fourth-order valence-corrected chi connectivity index (χ4v) is 1.73. The molecule has 0 aliphatic carbocycles. The Hall–Kier alpha value is -2.12. The number of carbonyl (C=O) groups is 1. The molecule has 0 fully saturated rings. The molecule has 0 amide bonds. The molecule has 0 aromatic heterocycles. The van der Waals surface area contributed by atoms with Crippen LogP contribution < -0.4 is 0 Å². The minimum Gasteiger partial charge on any atom is -0.457 e. The lowest BCUT2D eigenvalue weighted by Gasteiger charge is -1.99. The summed E-state index contributed by atoms with van der Waals surface area (Å²) in [4.78, 5) is 11.5. The maximum Gasteiger partial charge on any atom is 0.349 e. The molecule has 0 aliphatic heterocycles. The van der Waals surface area contributed by atoms with E-state index < -0.39 is 5.97 Å². The number of carbonyl (C=O) groups excluding carboxylic acids is 1. The summed E-state index contributed by atoms with van der Waals surface area (Å²) >= 11 is 3.30. The van der Waals surface area contributed by atoms with Gasteiger partial charge in [-0.1, -0.05) is 58.9 Å². The van der Waals surface area contributed by atoms with Crippen LogP contribution in [0.15, 0.2) is 59.1 Å². The Morgan fingerprint density at radius 2 is 2.11 bits per heavy atom. The van der Waals surface area contributed by atoms with E-state index in [-0.39, 0.29) is 12.2 Å². The first-order valence-corrected chi connectivity index (χ1v) is 6.28. The van der Waals surface area contributed by atoms with Crippen molar-refractivity contribution in [3.8, 4) is 6.07 Å². The molecule has 1 aromatic carbocycles. The van der Waals surface area contributed by atoms with Gasteiger partial charge < -0.3 is 4.74 Å². The molecule has 3 nitrogen and oxygen atoms in total. The van der Waals surface area contributed by atoms with Crippen LogP contribution in [0.5, 0.6) is 0 Å². The molecule has 96 valence electrons. The van der Waals surface area contributed by atoms with Crippen LogP contribution in [0.4, 0.5) is 0 Å². The predicted molar refractivity (Wildman–Crippen MR) is 78.2 cm³/mol. The molecule has 0 N–H and O–H groups in total. The number of rotatable bonds is 5. The van der Waals surface area contributed by atoms with Gasteiger partial charge in [0.25, 0.3) is 0 Å². The van der Waals surface area contributed by atoms with Gasteiger partial charge in [0, 0.05) is 4.48 Å². The average molecular weight is 318 g/mol. The number of allylic oxidation sites excluding steroid dienone is 2. The highest BCUT2D eigenvalue weighted by Crippen LogP contribution is 2.15. The normalized spacial score (nSPS) is 11.6. The van der Waals surface area contributed by atoms with Crippen molar-refractivity contribution in [3.05, 3.63) is 64.7 Å². The summed E-state index contributed by atoms with van der Waals surface area (Å²) in [5, 5.41) is 8.92. The summed E-state index contributed by atoms with van der Waals surface area (Å²) in [7, 11) is 0. The zero-order valence-electron chi connectivity index (χ0n) is 10.2. The molecular weight excluding hydrogens is 306 g/mol. The highest BCUT2D eigenvalue weighted by atomic mass is 79.9. The van der Waals surface area contributed by atoms with Gasteiger partial charge in [0.15, 0.2) is 0 Å². The van der Waals surface area contributed by atoms with E-state index in [1.54, 1.807) is 6.08 Å². The molecule has 0 bridgehead atoms. The molecule has 0 saturated carbocycles. The number of halogens is 1. The van der Waals surface area contributed by atoms with Gasteiger partial charge in [-0.25, -0.2) is 4.79 Å². The maximum atomic E-state index is 11.5. The van der Waals surface area contributed by atoms with Crippen molar-refractivity contribution < 1.29 is 9.53 Å². The molecule has 0 atom stereocenters. The van der Waals surface area contributed by atoms with E-state index in [9.17, 15) is 4.79 Å². The minimum absolute atomic E-state index is 0.0686. The van der Waals surface area contributed by atoms with Crippen LogP contribution in [-0.2, 0) is 9.53 Å². The summed E-state index contributed by atoms with van der Waals surface area (Å²) < 4.78 is 5.42. The number of esters is 1. The Balaban J connectivity index is 2.86. The van der Waals surface area contributed by atoms with Crippen LogP contribution in [0.1, 0.15) is 5.56 Å². The number of nitrogens with zero attached hydrogens (tertiary/aromatic N) is 1. The molecule has 0 aliphatic rings. The lowest BCUT2D eigenvalue weighted by atomic mass is 10.2. The minimum atomic E-state index is -0.666. The van der Waals surface area contributed by atoms with E-state index in [2.05, 4.69) is 22.5 Å². The smallest absolute Gasteiger partial charge is 0.349 e. The van der Waals surface area contributed by atoms with E-state index in [1.807, 2.05) is 36.4 Å². The van der Waals surface area contributed by atoms with Crippen LogP contribution in [0.25, 0.3) is 6.08 Å². The zero-order chi connectivity index (χ0) is 14.1. The molecule has 1 rings (SSSR count). The van der Waals surface area contributed by atoms with Gasteiger partial charge in [-0.05, 0) is 17.7 Å². The predicted octanol–water partition coefficient (Wildman–Crippen LogP) is 3.60. The Morgan fingerprint density at radius 3 is 2.68 bits per heavy atom. The third-order valence-electron chi connectivity index (χ3n) is 2.06. The summed E-state index contributed by atoms with van der Waals surface area (Å²) in [5.74, 6) is -0.666. The molecule has 19 heavy (non-hydrogen) atoms. The number of nitriles is 1. The summed E-state index contributed by atoms with van der Waals surface area (Å²) in [6.45, 7) is 3.52. The van der Waals surface area contributed by atoms with Crippen LogP contribution in [0.3, 0.4) is 0 Å². The molecule has 0 saturated heterocycles. The number of ether oxygens (including phenoxy) is 1. The summed E-state index contributed by atoms with van der Waals surface area (Å²) in [6.07, 6.45) is 4.68. The first-order chi connectivity index (χ1) is 9.17. The molecule has 4 heteroatoms. The highest BCUT2D eigenvalue weighted by Gasteiger charge is 2.09. The van der Waals surface area contributed by atoms with E-state index in [1.165, 1.54) is 12.2 Å². The fourth-order valence-electron chi connectivity index (χ4n) is 1.24. The molecule has 0 radical (unpaired) electrons. The summed E-state index contributed by atoms with van der Waals surface area (Å²) in [5.41, 5.74) is 0.892. The number of benzene rings is 1. The first-order valence-electron chi connectivity index (χ1n) is 5.49. The van der Waals surface area contributed by atoms with Crippen molar-refractivity contribution in [1.29, 1.82) is 5.26 Å². The van der Waals surface area contributed by atoms with Crippen LogP contribution in [0, 0.1) is 11.3 Å². The van der Waals surface area contributed by atoms with Crippen molar-refractivity contribution in [3.63, 3.8) is 0 Å². The van der Waals surface area contributed by atoms with Crippen molar-refractivity contribution >= 4 is 28.0 Å². The standard InChI is InChI=1S/C15H12BrNO2/c1-2-8-19-15(18)13(11-17)10-14(16)9-12-6-4-3-5-7-12/h2-7,9-10H,1,8H2/b13-10+,14-9-. The van der Waals surface area contributed by atoms with Crippen molar-refractivity contribution in [2.45, 2.75) is 0 Å². The fraction of sp³-hybridized carbons (Fsp3) is 0.0667. The lowest BCUT2D eigenvalue weighted by Crippen LogP contribution is -2.06. The van der Waals surface area contributed by atoms with E-state index in [0.29, 0.717) is 4.48 Å². The van der Waals surface area contributed by atoms with Gasteiger partial charge in [0.2, 0.25) is 0 Å². The maximum absolute atomic E-state index is 11.5. The second-order valence-corrected chi connectivity index (χ2v) is 4.41. The Bertz CT molecular complexity index is 553. The molecule has 1 aromatic rings. The average Bonchev–Trinajstić information content (AvgIpc) is 2.43. The SMILES string of the molecule is C=CCOC(=O)/C(C#N)=C/C(Br)=C/c1ccccc1. The highest BCUT2D eigenvalue weighted by molar-refractivity contribution is 9.12. The zero-order valence-corrected chi connectivity index (χ0v) is 11.8. The summed E-state index contributed by atoms with van der Waals surface area (Å²) in [6, 6.07) is 11.4. The van der Waals surface area contributed by atoms with Crippen LogP contribution in [0.2, 0.25) is 0 Å². The third kappa shape index (κ3) is 5.36. The quantitative estimate of drug-likeness (QED) is 0.274. The third-order valence-corrected chi connectivity index (χ3v) is 2.52. The molecule has 0 unspecified atom stereocenters. The monoisotopic (exact) mass is 317 g/mol. The molecule has 0 heterocycles. The van der Waals surface area contributed by atoms with Gasteiger partial charge in [0.1, 0.15) is 18.2 Å². The largest absolute Gasteiger partial charge is 0.457 e. The van der Waals surface area contributed by atoms with Gasteiger partial charge in [-0.2, -0.15) is 5.26 Å². The van der Waals surface area contributed by atoms with Gasteiger partial charge in [-0.15, -0.1) is 0 Å². The first kappa shape index (κ1) is 14.9. The van der Waals surface area contributed by atoms with Gasteiger partial charge in [0.05, 0.1) is 0 Å². The molecular formula is C15H12BrNO2. The van der Waals surface area contributed by atoms with Crippen molar-refractivity contribution in [2.75, 3.05) is 6.61 Å². The number of hydrogen-bond donors (Lipinski definition) is 0.